The summed E-state index contributed by atoms with van der Waals surface area (Å²) in [7, 11) is 0. The molecule has 2 saturated heterocycles. The highest BCUT2D eigenvalue weighted by Gasteiger charge is 2.36. The molecular formula is C10H16F2N2O2. The molecule has 16 heavy (non-hydrogen) atoms. The molecule has 2 heterocycles. The Bertz CT molecular complexity index is 258. The maximum atomic E-state index is 12.9. The Hall–Kier alpha value is -0.910. The number of piperidine rings is 1. The molecule has 0 atom stereocenters. The quantitative estimate of drug-likeness (QED) is 0.630. The first-order valence-electron chi connectivity index (χ1n) is 5.58. The summed E-state index contributed by atoms with van der Waals surface area (Å²) in [6.45, 7) is 2.51. The van der Waals surface area contributed by atoms with E-state index in [-0.39, 0.29) is 32.0 Å². The van der Waals surface area contributed by atoms with Gasteiger partial charge in [0.1, 0.15) is 0 Å². The fourth-order valence-corrected chi connectivity index (χ4v) is 1.98. The Morgan fingerprint density at radius 2 is 1.50 bits per heavy atom. The summed E-state index contributed by atoms with van der Waals surface area (Å²) < 4.78 is 31.0. The van der Waals surface area contributed by atoms with Gasteiger partial charge in [-0.15, -0.1) is 0 Å². The third-order valence-corrected chi connectivity index (χ3v) is 3.05. The summed E-state index contributed by atoms with van der Waals surface area (Å²) in [6, 6.07) is -0.126. The molecule has 2 aliphatic rings. The molecule has 0 bridgehead atoms. The van der Waals surface area contributed by atoms with Crippen LogP contribution in [0, 0.1) is 0 Å². The minimum absolute atomic E-state index is 0.126. The number of rotatable bonds is 0. The molecule has 0 saturated carbocycles. The van der Waals surface area contributed by atoms with Crippen LogP contribution in [0.3, 0.4) is 0 Å². The van der Waals surface area contributed by atoms with Gasteiger partial charge in [0.2, 0.25) is 0 Å². The topological polar surface area (TPSA) is 32.8 Å². The third kappa shape index (κ3) is 2.61. The zero-order chi connectivity index (χ0) is 11.6. The van der Waals surface area contributed by atoms with Gasteiger partial charge in [-0.2, -0.15) is 0 Å². The van der Waals surface area contributed by atoms with E-state index in [4.69, 9.17) is 4.74 Å². The molecule has 4 nitrogen and oxygen atoms in total. The van der Waals surface area contributed by atoms with E-state index in [1.165, 1.54) is 4.90 Å². The number of halogens is 2. The highest BCUT2D eigenvalue weighted by molar-refractivity contribution is 5.74. The number of hydrogen-bond donors (Lipinski definition) is 0. The number of carbonyl (C=O) groups is 1. The van der Waals surface area contributed by atoms with Crippen molar-refractivity contribution < 1.29 is 18.3 Å². The highest BCUT2D eigenvalue weighted by Crippen LogP contribution is 2.28. The summed E-state index contributed by atoms with van der Waals surface area (Å²) in [6.07, 6.45) is -0.438. The van der Waals surface area contributed by atoms with E-state index in [1.807, 2.05) is 0 Å². The van der Waals surface area contributed by atoms with Gasteiger partial charge in [0.25, 0.3) is 5.92 Å². The van der Waals surface area contributed by atoms with E-state index >= 15 is 0 Å². The van der Waals surface area contributed by atoms with Crippen LogP contribution in [0.1, 0.15) is 12.8 Å². The molecule has 0 aromatic carbocycles. The minimum atomic E-state index is -2.60. The van der Waals surface area contributed by atoms with Gasteiger partial charge < -0.3 is 14.5 Å². The van der Waals surface area contributed by atoms with Crippen molar-refractivity contribution in [3.8, 4) is 0 Å². The van der Waals surface area contributed by atoms with Gasteiger partial charge in [0.05, 0.1) is 13.2 Å². The van der Waals surface area contributed by atoms with Crippen LogP contribution in [0.15, 0.2) is 0 Å². The van der Waals surface area contributed by atoms with Crippen molar-refractivity contribution in [3.05, 3.63) is 0 Å². The van der Waals surface area contributed by atoms with Crippen molar-refractivity contribution in [1.29, 1.82) is 0 Å². The lowest BCUT2D eigenvalue weighted by Crippen LogP contribution is -2.51. The predicted molar refractivity (Wildman–Crippen MR) is 53.5 cm³/mol. The van der Waals surface area contributed by atoms with Crippen LogP contribution in [-0.4, -0.2) is 61.1 Å². The maximum Gasteiger partial charge on any atom is 0.320 e. The van der Waals surface area contributed by atoms with Gasteiger partial charge in [-0.3, -0.25) is 0 Å². The Morgan fingerprint density at radius 3 is 2.06 bits per heavy atom. The second-order valence-corrected chi connectivity index (χ2v) is 4.22. The van der Waals surface area contributed by atoms with Crippen molar-refractivity contribution >= 4 is 6.03 Å². The van der Waals surface area contributed by atoms with E-state index in [1.54, 1.807) is 4.90 Å². The lowest BCUT2D eigenvalue weighted by Gasteiger charge is -2.36. The molecule has 0 aromatic heterocycles. The molecule has 2 fully saturated rings. The second-order valence-electron chi connectivity index (χ2n) is 4.22. The molecule has 6 heteroatoms. The number of hydrogen-bond acceptors (Lipinski definition) is 2. The Morgan fingerprint density at radius 1 is 1.00 bits per heavy atom. The number of nitrogens with zero attached hydrogens (tertiary/aromatic N) is 2. The lowest BCUT2D eigenvalue weighted by molar-refractivity contribution is -0.0511. The van der Waals surface area contributed by atoms with Gasteiger partial charge in [-0.1, -0.05) is 0 Å². The first-order chi connectivity index (χ1) is 7.58. The smallest absolute Gasteiger partial charge is 0.320 e. The molecular weight excluding hydrogens is 218 g/mol. The number of urea groups is 1. The molecule has 0 N–H and O–H groups in total. The number of ether oxygens (including phenoxy) is 1. The number of likely N-dealkylation sites (tertiary alicyclic amines) is 1. The van der Waals surface area contributed by atoms with Crippen molar-refractivity contribution in [2.24, 2.45) is 0 Å². The fourth-order valence-electron chi connectivity index (χ4n) is 1.98. The zero-order valence-electron chi connectivity index (χ0n) is 9.12. The summed E-state index contributed by atoms with van der Waals surface area (Å²) in [5, 5.41) is 0. The highest BCUT2D eigenvalue weighted by atomic mass is 19.3. The molecule has 0 aromatic rings. The molecule has 2 amide bonds. The zero-order valence-corrected chi connectivity index (χ0v) is 9.12. The van der Waals surface area contributed by atoms with E-state index in [0.29, 0.717) is 26.3 Å². The summed E-state index contributed by atoms with van der Waals surface area (Å²) in [5.41, 5.74) is 0. The molecule has 2 aliphatic heterocycles. The van der Waals surface area contributed by atoms with Gasteiger partial charge in [0.15, 0.2) is 0 Å². The third-order valence-electron chi connectivity index (χ3n) is 3.05. The molecule has 92 valence electrons. The molecule has 0 radical (unpaired) electrons. The van der Waals surface area contributed by atoms with Crippen molar-refractivity contribution in [3.63, 3.8) is 0 Å². The van der Waals surface area contributed by atoms with Crippen LogP contribution < -0.4 is 0 Å². The monoisotopic (exact) mass is 234 g/mol. The van der Waals surface area contributed by atoms with Crippen LogP contribution in [0.4, 0.5) is 13.6 Å². The second kappa shape index (κ2) is 4.53. The largest absolute Gasteiger partial charge is 0.378 e. The molecule has 0 unspecified atom stereocenters. The van der Waals surface area contributed by atoms with Gasteiger partial charge in [-0.25, -0.2) is 13.6 Å². The number of morpholine rings is 1. The standard InChI is InChI=1S/C10H16F2N2O2/c11-10(12)1-3-13(4-2-10)9(15)14-5-7-16-8-6-14/h1-8H2. The SMILES string of the molecule is O=C(N1CCOCC1)N1CCC(F)(F)CC1. The van der Waals surface area contributed by atoms with Crippen LogP contribution in [-0.2, 0) is 4.74 Å². The van der Waals surface area contributed by atoms with E-state index in [2.05, 4.69) is 0 Å². The maximum absolute atomic E-state index is 12.9. The molecule has 0 spiro atoms. The van der Waals surface area contributed by atoms with E-state index in [9.17, 15) is 13.6 Å². The van der Waals surface area contributed by atoms with Crippen LogP contribution >= 0.6 is 0 Å². The van der Waals surface area contributed by atoms with Crippen molar-refractivity contribution in [2.45, 2.75) is 18.8 Å². The van der Waals surface area contributed by atoms with Crippen molar-refractivity contribution in [2.75, 3.05) is 39.4 Å². The summed E-state index contributed by atoms with van der Waals surface area (Å²) in [4.78, 5) is 15.1. The average Bonchev–Trinajstić information content (AvgIpc) is 2.29. The normalized spacial score (nSPS) is 25.6. The number of amides is 2. The predicted octanol–water partition coefficient (Wildman–Crippen LogP) is 1.17. The minimum Gasteiger partial charge on any atom is -0.378 e. The average molecular weight is 234 g/mol. The van der Waals surface area contributed by atoms with Crippen LogP contribution in [0.25, 0.3) is 0 Å². The Labute approximate surface area is 93.1 Å². The van der Waals surface area contributed by atoms with Gasteiger partial charge in [0, 0.05) is 39.0 Å². The number of carbonyl (C=O) groups excluding carboxylic acids is 1. The van der Waals surface area contributed by atoms with Crippen LogP contribution in [0.2, 0.25) is 0 Å². The summed E-state index contributed by atoms with van der Waals surface area (Å²) >= 11 is 0. The first kappa shape index (κ1) is 11.6. The van der Waals surface area contributed by atoms with Gasteiger partial charge in [-0.05, 0) is 0 Å². The van der Waals surface area contributed by atoms with Crippen LogP contribution in [0.5, 0.6) is 0 Å². The van der Waals surface area contributed by atoms with E-state index in [0.717, 1.165) is 0 Å². The van der Waals surface area contributed by atoms with E-state index < -0.39 is 5.92 Å². The Kier molecular flexibility index (Phi) is 3.28. The first-order valence-corrected chi connectivity index (χ1v) is 5.58. The number of alkyl halides is 2. The van der Waals surface area contributed by atoms with Gasteiger partial charge >= 0.3 is 6.03 Å². The fraction of sp³-hybridized carbons (Fsp3) is 0.900. The summed E-state index contributed by atoms with van der Waals surface area (Å²) in [5.74, 6) is -2.60. The lowest BCUT2D eigenvalue weighted by atomic mass is 10.1. The Balaban J connectivity index is 1.86. The molecule has 0 aliphatic carbocycles. The molecule has 2 rings (SSSR count). The van der Waals surface area contributed by atoms with Crippen molar-refractivity contribution in [1.82, 2.24) is 9.80 Å².